The number of hydrogen-bond acceptors (Lipinski definition) is 3. The number of nitrogen functional groups attached to an aromatic ring is 1. The first-order chi connectivity index (χ1) is 7.27. The van der Waals surface area contributed by atoms with Gasteiger partial charge in [0.2, 0.25) is 0 Å². The topological polar surface area (TPSA) is 51.8 Å². The third kappa shape index (κ3) is 2.13. The Balaban J connectivity index is 2.30. The lowest BCUT2D eigenvalue weighted by atomic mass is 10.0. The van der Waals surface area contributed by atoms with Crippen LogP contribution in [0.15, 0.2) is 36.9 Å². The van der Waals surface area contributed by atoms with Crippen LogP contribution >= 0.6 is 0 Å². The van der Waals surface area contributed by atoms with Crippen molar-refractivity contribution in [3.05, 3.63) is 53.6 Å². The first-order valence-electron chi connectivity index (χ1n) is 4.85. The number of pyridine rings is 2. The summed E-state index contributed by atoms with van der Waals surface area (Å²) in [5, 5.41) is 0. The lowest BCUT2D eigenvalue weighted by Crippen LogP contribution is -1.98. The molecule has 0 aliphatic heterocycles. The molecule has 0 saturated heterocycles. The van der Waals surface area contributed by atoms with Crippen LogP contribution in [-0.2, 0) is 6.42 Å². The van der Waals surface area contributed by atoms with Crippen LogP contribution in [0.2, 0.25) is 0 Å². The van der Waals surface area contributed by atoms with Crippen molar-refractivity contribution in [3.63, 3.8) is 0 Å². The van der Waals surface area contributed by atoms with Crippen molar-refractivity contribution in [3.8, 4) is 0 Å². The zero-order chi connectivity index (χ0) is 10.7. The number of rotatable bonds is 2. The van der Waals surface area contributed by atoms with Gasteiger partial charge in [0.25, 0.3) is 0 Å². The smallest absolute Gasteiger partial charge is 0.0380 e. The van der Waals surface area contributed by atoms with Crippen molar-refractivity contribution in [2.24, 2.45) is 0 Å². The Morgan fingerprint density at radius 2 is 1.73 bits per heavy atom. The molecule has 76 valence electrons. The molecule has 3 heteroatoms. The molecule has 0 aromatic carbocycles. The molecule has 0 unspecified atom stereocenters. The molecule has 2 heterocycles. The van der Waals surface area contributed by atoms with E-state index in [1.54, 1.807) is 12.4 Å². The summed E-state index contributed by atoms with van der Waals surface area (Å²) in [4.78, 5) is 8.18. The molecular weight excluding hydrogens is 186 g/mol. The minimum atomic E-state index is 0.785. The van der Waals surface area contributed by atoms with Gasteiger partial charge in [0.05, 0.1) is 0 Å². The number of hydrogen-bond donors (Lipinski definition) is 1. The van der Waals surface area contributed by atoms with Crippen LogP contribution in [0.3, 0.4) is 0 Å². The third-order valence-electron chi connectivity index (χ3n) is 2.47. The van der Waals surface area contributed by atoms with Crippen LogP contribution < -0.4 is 5.73 Å². The standard InChI is InChI=1S/C12H13N3/c1-9-2-4-14-7-10(9)6-11-8-15-5-3-12(11)13/h2-5,7-8H,6H2,1H3,(H2,13,15). The summed E-state index contributed by atoms with van der Waals surface area (Å²) in [6, 6.07) is 3.82. The molecule has 2 N–H and O–H groups in total. The summed E-state index contributed by atoms with van der Waals surface area (Å²) < 4.78 is 0. The highest BCUT2D eigenvalue weighted by Crippen LogP contribution is 2.16. The van der Waals surface area contributed by atoms with Gasteiger partial charge in [0.15, 0.2) is 0 Å². The van der Waals surface area contributed by atoms with Crippen molar-refractivity contribution in [1.29, 1.82) is 0 Å². The molecule has 0 aliphatic rings. The average molecular weight is 199 g/mol. The van der Waals surface area contributed by atoms with Gasteiger partial charge in [0.1, 0.15) is 0 Å². The van der Waals surface area contributed by atoms with Gasteiger partial charge in [0, 0.05) is 36.9 Å². The summed E-state index contributed by atoms with van der Waals surface area (Å²) in [6.45, 7) is 2.07. The maximum absolute atomic E-state index is 5.86. The van der Waals surface area contributed by atoms with Crippen LogP contribution in [0.25, 0.3) is 0 Å². The zero-order valence-corrected chi connectivity index (χ0v) is 8.64. The van der Waals surface area contributed by atoms with E-state index in [4.69, 9.17) is 5.73 Å². The predicted octanol–water partition coefficient (Wildman–Crippen LogP) is 1.96. The lowest BCUT2D eigenvalue weighted by molar-refractivity contribution is 1.09. The van der Waals surface area contributed by atoms with E-state index < -0.39 is 0 Å². The molecule has 2 aromatic rings. The van der Waals surface area contributed by atoms with Crippen LogP contribution in [0, 0.1) is 6.92 Å². The van der Waals surface area contributed by atoms with Crippen molar-refractivity contribution in [2.75, 3.05) is 5.73 Å². The molecule has 15 heavy (non-hydrogen) atoms. The quantitative estimate of drug-likeness (QED) is 0.804. The monoisotopic (exact) mass is 199 g/mol. The number of anilines is 1. The number of aromatic nitrogens is 2. The minimum absolute atomic E-state index is 0.785. The molecule has 0 saturated carbocycles. The molecule has 0 aliphatic carbocycles. The molecule has 0 radical (unpaired) electrons. The molecule has 0 amide bonds. The normalized spacial score (nSPS) is 10.2. The first-order valence-corrected chi connectivity index (χ1v) is 4.85. The molecule has 2 rings (SSSR count). The Labute approximate surface area is 89.0 Å². The first kappa shape index (κ1) is 9.65. The molecule has 0 atom stereocenters. The van der Waals surface area contributed by atoms with Crippen molar-refractivity contribution >= 4 is 5.69 Å². The van der Waals surface area contributed by atoms with Crippen LogP contribution in [0.5, 0.6) is 0 Å². The summed E-state index contributed by atoms with van der Waals surface area (Å²) >= 11 is 0. The van der Waals surface area contributed by atoms with E-state index in [-0.39, 0.29) is 0 Å². The van der Waals surface area contributed by atoms with Gasteiger partial charge < -0.3 is 5.73 Å². The van der Waals surface area contributed by atoms with Crippen LogP contribution in [0.1, 0.15) is 16.7 Å². The molecule has 2 aromatic heterocycles. The highest BCUT2D eigenvalue weighted by Gasteiger charge is 2.02. The number of nitrogens with two attached hydrogens (primary N) is 1. The van der Waals surface area contributed by atoms with Gasteiger partial charge >= 0.3 is 0 Å². The van der Waals surface area contributed by atoms with E-state index in [0.29, 0.717) is 0 Å². The zero-order valence-electron chi connectivity index (χ0n) is 8.64. The highest BCUT2D eigenvalue weighted by atomic mass is 14.7. The van der Waals surface area contributed by atoms with Crippen LogP contribution in [-0.4, -0.2) is 9.97 Å². The van der Waals surface area contributed by atoms with Gasteiger partial charge in [-0.2, -0.15) is 0 Å². The second-order valence-corrected chi connectivity index (χ2v) is 3.55. The highest BCUT2D eigenvalue weighted by molar-refractivity contribution is 5.47. The Hall–Kier alpha value is -1.90. The maximum atomic E-state index is 5.86. The molecule has 0 bridgehead atoms. The van der Waals surface area contributed by atoms with Crippen molar-refractivity contribution < 1.29 is 0 Å². The molecule has 0 spiro atoms. The molecule has 3 nitrogen and oxygen atoms in total. The van der Waals surface area contributed by atoms with E-state index >= 15 is 0 Å². The summed E-state index contributed by atoms with van der Waals surface area (Å²) in [7, 11) is 0. The predicted molar refractivity (Wildman–Crippen MR) is 60.4 cm³/mol. The summed E-state index contributed by atoms with van der Waals surface area (Å²) in [6.07, 6.45) is 7.98. The average Bonchev–Trinajstić information content (AvgIpc) is 2.24. The Morgan fingerprint density at radius 3 is 2.40 bits per heavy atom. The Kier molecular flexibility index (Phi) is 2.63. The third-order valence-corrected chi connectivity index (χ3v) is 2.47. The SMILES string of the molecule is Cc1ccncc1Cc1cnccc1N. The van der Waals surface area contributed by atoms with Crippen LogP contribution in [0.4, 0.5) is 5.69 Å². The van der Waals surface area contributed by atoms with Crippen molar-refractivity contribution in [2.45, 2.75) is 13.3 Å². The van der Waals surface area contributed by atoms with Gasteiger partial charge in [-0.05, 0) is 35.7 Å². The number of aryl methyl sites for hydroxylation is 1. The van der Waals surface area contributed by atoms with E-state index in [2.05, 4.69) is 16.9 Å². The second kappa shape index (κ2) is 4.09. The van der Waals surface area contributed by atoms with Gasteiger partial charge in [-0.1, -0.05) is 0 Å². The van der Waals surface area contributed by atoms with Crippen molar-refractivity contribution in [1.82, 2.24) is 9.97 Å². The van der Waals surface area contributed by atoms with E-state index in [1.165, 1.54) is 11.1 Å². The Bertz CT molecular complexity index is 422. The minimum Gasteiger partial charge on any atom is -0.398 e. The van der Waals surface area contributed by atoms with E-state index in [9.17, 15) is 0 Å². The largest absolute Gasteiger partial charge is 0.398 e. The molecular formula is C12H13N3. The maximum Gasteiger partial charge on any atom is 0.0380 e. The fourth-order valence-corrected chi connectivity index (χ4v) is 1.47. The lowest BCUT2D eigenvalue weighted by Gasteiger charge is -2.06. The van der Waals surface area contributed by atoms with Gasteiger partial charge in [-0.15, -0.1) is 0 Å². The Morgan fingerprint density at radius 1 is 1.07 bits per heavy atom. The fourth-order valence-electron chi connectivity index (χ4n) is 1.47. The number of nitrogens with zero attached hydrogens (tertiary/aromatic N) is 2. The fraction of sp³-hybridized carbons (Fsp3) is 0.167. The van der Waals surface area contributed by atoms with Gasteiger partial charge in [-0.25, -0.2) is 0 Å². The van der Waals surface area contributed by atoms with E-state index in [1.807, 2.05) is 24.5 Å². The molecule has 0 fully saturated rings. The summed E-state index contributed by atoms with van der Waals surface area (Å²) in [5.41, 5.74) is 10.1. The second-order valence-electron chi connectivity index (χ2n) is 3.55. The van der Waals surface area contributed by atoms with Gasteiger partial charge in [-0.3, -0.25) is 9.97 Å². The summed E-state index contributed by atoms with van der Waals surface area (Å²) in [5.74, 6) is 0. The van der Waals surface area contributed by atoms with E-state index in [0.717, 1.165) is 17.7 Å².